The largest absolute Gasteiger partial charge is 0.416 e. The topological polar surface area (TPSA) is 46.2 Å². The summed E-state index contributed by atoms with van der Waals surface area (Å²) in [5.41, 5.74) is 0.0872. The van der Waals surface area contributed by atoms with Gasteiger partial charge in [-0.25, -0.2) is 8.42 Å². The molecule has 1 aromatic rings. The number of nitrogens with one attached hydrogen (secondary N) is 1. The Morgan fingerprint density at radius 3 is 2.38 bits per heavy atom. The van der Waals surface area contributed by atoms with Crippen LogP contribution in [0.15, 0.2) is 24.3 Å². The maximum Gasteiger partial charge on any atom is 0.416 e. The van der Waals surface area contributed by atoms with Gasteiger partial charge in [-0.05, 0) is 43.5 Å². The second-order valence-corrected chi connectivity index (χ2v) is 7.75. The summed E-state index contributed by atoms with van der Waals surface area (Å²) < 4.78 is 60.1. The van der Waals surface area contributed by atoms with Crippen LogP contribution in [0, 0.1) is 5.92 Å². The van der Waals surface area contributed by atoms with E-state index < -0.39 is 21.6 Å². The average molecular weight is 321 g/mol. The molecule has 118 valence electrons. The standard InChI is InChI=1S/C14H18F3NO2S/c1-10(18-8-11-6-7-21(19,20)9-11)12-2-4-13(5-3-12)14(15,16)17/h2-5,10-11,18H,6-9H2,1H3. The Morgan fingerprint density at radius 2 is 1.90 bits per heavy atom. The van der Waals surface area contributed by atoms with E-state index in [1.165, 1.54) is 12.1 Å². The lowest BCUT2D eigenvalue weighted by atomic mass is 10.0. The lowest BCUT2D eigenvalue weighted by Crippen LogP contribution is -2.26. The van der Waals surface area contributed by atoms with Gasteiger partial charge < -0.3 is 5.32 Å². The van der Waals surface area contributed by atoms with E-state index in [1.54, 1.807) is 0 Å². The number of rotatable bonds is 4. The molecule has 3 nitrogen and oxygen atoms in total. The molecule has 1 saturated heterocycles. The normalized spacial score (nSPS) is 23.1. The van der Waals surface area contributed by atoms with Crippen molar-refractivity contribution < 1.29 is 21.6 Å². The minimum Gasteiger partial charge on any atom is -0.310 e. The summed E-state index contributed by atoms with van der Waals surface area (Å²) in [5.74, 6) is 0.514. The Balaban J connectivity index is 1.90. The zero-order chi connectivity index (χ0) is 15.7. The monoisotopic (exact) mass is 321 g/mol. The summed E-state index contributed by atoms with van der Waals surface area (Å²) >= 11 is 0. The van der Waals surface area contributed by atoms with Crippen molar-refractivity contribution in [2.75, 3.05) is 18.1 Å². The molecule has 0 amide bonds. The van der Waals surface area contributed by atoms with Crippen LogP contribution in [0.3, 0.4) is 0 Å². The minimum atomic E-state index is -4.33. The molecule has 7 heteroatoms. The highest BCUT2D eigenvalue weighted by atomic mass is 32.2. The number of halogens is 3. The fraction of sp³-hybridized carbons (Fsp3) is 0.571. The maximum atomic E-state index is 12.5. The highest BCUT2D eigenvalue weighted by molar-refractivity contribution is 7.91. The molecule has 0 spiro atoms. The number of hydrogen-bond donors (Lipinski definition) is 1. The van der Waals surface area contributed by atoms with E-state index in [2.05, 4.69) is 5.32 Å². The quantitative estimate of drug-likeness (QED) is 0.927. The van der Waals surface area contributed by atoms with E-state index in [0.29, 0.717) is 13.0 Å². The Kier molecular flexibility index (Phi) is 4.63. The van der Waals surface area contributed by atoms with Crippen LogP contribution in [-0.2, 0) is 16.0 Å². The van der Waals surface area contributed by atoms with Crippen LogP contribution >= 0.6 is 0 Å². The van der Waals surface area contributed by atoms with E-state index in [0.717, 1.165) is 17.7 Å². The average Bonchev–Trinajstić information content (AvgIpc) is 2.75. The second-order valence-electron chi connectivity index (χ2n) is 5.52. The van der Waals surface area contributed by atoms with E-state index in [-0.39, 0.29) is 23.5 Å². The molecule has 0 aliphatic carbocycles. The van der Waals surface area contributed by atoms with Crippen molar-refractivity contribution in [1.82, 2.24) is 5.32 Å². The summed E-state index contributed by atoms with van der Waals surface area (Å²) in [7, 11) is -2.89. The third-order valence-corrected chi connectivity index (χ3v) is 5.61. The van der Waals surface area contributed by atoms with Crippen LogP contribution in [0.4, 0.5) is 13.2 Å². The lowest BCUT2D eigenvalue weighted by molar-refractivity contribution is -0.137. The van der Waals surface area contributed by atoms with E-state index in [9.17, 15) is 21.6 Å². The van der Waals surface area contributed by atoms with Crippen LogP contribution < -0.4 is 5.32 Å². The summed E-state index contributed by atoms with van der Waals surface area (Å²) in [6.45, 7) is 2.41. The third-order valence-electron chi connectivity index (χ3n) is 3.78. The van der Waals surface area contributed by atoms with Crippen molar-refractivity contribution in [1.29, 1.82) is 0 Å². The van der Waals surface area contributed by atoms with E-state index in [4.69, 9.17) is 0 Å². The predicted octanol–water partition coefficient (Wildman–Crippen LogP) is 2.79. The molecule has 1 aromatic carbocycles. The minimum absolute atomic E-state index is 0.0897. The highest BCUT2D eigenvalue weighted by Crippen LogP contribution is 2.30. The summed E-state index contributed by atoms with van der Waals surface area (Å²) in [6, 6.07) is 4.91. The van der Waals surface area contributed by atoms with Crippen molar-refractivity contribution in [3.05, 3.63) is 35.4 Å². The molecule has 21 heavy (non-hydrogen) atoms. The number of sulfone groups is 1. The first-order chi connectivity index (χ1) is 9.67. The van der Waals surface area contributed by atoms with Gasteiger partial charge in [-0.3, -0.25) is 0 Å². The molecule has 2 atom stereocenters. The van der Waals surface area contributed by atoms with Gasteiger partial charge in [-0.15, -0.1) is 0 Å². The molecule has 2 rings (SSSR count). The second kappa shape index (κ2) is 5.96. The molecule has 0 radical (unpaired) electrons. The van der Waals surface area contributed by atoms with Crippen molar-refractivity contribution in [2.45, 2.75) is 25.6 Å². The first-order valence-electron chi connectivity index (χ1n) is 6.78. The van der Waals surface area contributed by atoms with Gasteiger partial charge in [0.05, 0.1) is 17.1 Å². The molecule has 1 heterocycles. The maximum absolute atomic E-state index is 12.5. The number of hydrogen-bond acceptors (Lipinski definition) is 3. The molecular weight excluding hydrogens is 303 g/mol. The smallest absolute Gasteiger partial charge is 0.310 e. The number of benzene rings is 1. The molecule has 0 saturated carbocycles. The van der Waals surface area contributed by atoms with Gasteiger partial charge in [-0.2, -0.15) is 13.2 Å². The van der Waals surface area contributed by atoms with Crippen molar-refractivity contribution >= 4 is 9.84 Å². The summed E-state index contributed by atoms with van der Waals surface area (Å²) in [4.78, 5) is 0. The zero-order valence-corrected chi connectivity index (χ0v) is 12.5. The van der Waals surface area contributed by atoms with Gasteiger partial charge in [0.1, 0.15) is 0 Å². The van der Waals surface area contributed by atoms with Gasteiger partial charge in [0.2, 0.25) is 0 Å². The molecular formula is C14H18F3NO2S. The van der Waals surface area contributed by atoms with Crippen molar-refractivity contribution in [2.24, 2.45) is 5.92 Å². The first-order valence-corrected chi connectivity index (χ1v) is 8.60. The van der Waals surface area contributed by atoms with Crippen LogP contribution in [0.25, 0.3) is 0 Å². The Bertz CT molecular complexity index is 581. The zero-order valence-electron chi connectivity index (χ0n) is 11.7. The number of alkyl halides is 3. The Labute approximate surface area is 122 Å². The molecule has 1 aliphatic rings. The van der Waals surface area contributed by atoms with Crippen molar-refractivity contribution in [3.63, 3.8) is 0 Å². The Morgan fingerprint density at radius 1 is 1.29 bits per heavy atom. The van der Waals surface area contributed by atoms with Gasteiger partial charge in [-0.1, -0.05) is 12.1 Å². The third kappa shape index (κ3) is 4.44. The first kappa shape index (κ1) is 16.3. The van der Waals surface area contributed by atoms with Gasteiger partial charge in [0.15, 0.2) is 9.84 Å². The molecule has 1 fully saturated rings. The van der Waals surface area contributed by atoms with Crippen molar-refractivity contribution in [3.8, 4) is 0 Å². The van der Waals surface area contributed by atoms with E-state index >= 15 is 0 Å². The van der Waals surface area contributed by atoms with Gasteiger partial charge in [0, 0.05) is 6.04 Å². The predicted molar refractivity (Wildman–Crippen MR) is 74.6 cm³/mol. The van der Waals surface area contributed by atoms with E-state index in [1.807, 2.05) is 6.92 Å². The van der Waals surface area contributed by atoms with Gasteiger partial charge >= 0.3 is 6.18 Å². The molecule has 0 bridgehead atoms. The fourth-order valence-corrected chi connectivity index (χ4v) is 4.32. The lowest BCUT2D eigenvalue weighted by Gasteiger charge is -2.17. The molecule has 1 N–H and O–H groups in total. The van der Waals surface area contributed by atoms with Gasteiger partial charge in [0.25, 0.3) is 0 Å². The van der Waals surface area contributed by atoms with Crippen LogP contribution in [0.1, 0.15) is 30.5 Å². The van der Waals surface area contributed by atoms with Crippen LogP contribution in [0.2, 0.25) is 0 Å². The van der Waals surface area contributed by atoms with Crippen LogP contribution in [-0.4, -0.2) is 26.5 Å². The fourth-order valence-electron chi connectivity index (χ4n) is 2.46. The Hall–Kier alpha value is -1.08. The highest BCUT2D eigenvalue weighted by Gasteiger charge is 2.30. The molecule has 2 unspecified atom stereocenters. The SMILES string of the molecule is CC(NCC1CCS(=O)(=O)C1)c1ccc(C(F)(F)F)cc1. The summed E-state index contributed by atoms with van der Waals surface area (Å²) in [6.07, 6.45) is -3.68. The summed E-state index contributed by atoms with van der Waals surface area (Å²) in [5, 5.41) is 3.19. The molecule has 1 aliphatic heterocycles. The molecule has 0 aromatic heterocycles. The van der Waals surface area contributed by atoms with Crippen LogP contribution in [0.5, 0.6) is 0 Å².